The van der Waals surface area contributed by atoms with Crippen molar-refractivity contribution in [3.8, 4) is 0 Å². The molecule has 0 bridgehead atoms. The minimum atomic E-state index is -2.86. The second-order valence-corrected chi connectivity index (χ2v) is 8.70. The van der Waals surface area contributed by atoms with E-state index in [1.165, 1.54) is 13.0 Å². The van der Waals surface area contributed by atoms with E-state index in [0.29, 0.717) is 44.4 Å². The van der Waals surface area contributed by atoms with Gasteiger partial charge in [0.15, 0.2) is 0 Å². The molecular weight excluding hydrogens is 371 g/mol. The molecule has 0 spiro atoms. The van der Waals surface area contributed by atoms with Gasteiger partial charge in [0, 0.05) is 11.8 Å². The van der Waals surface area contributed by atoms with Crippen molar-refractivity contribution in [3.05, 3.63) is 46.3 Å². The summed E-state index contributed by atoms with van der Waals surface area (Å²) in [6.45, 7) is 3.61. The topological polar surface area (TPSA) is 0 Å². The summed E-state index contributed by atoms with van der Waals surface area (Å²) in [6.07, 6.45) is 2.19. The Bertz CT molecular complexity index is 708. The Morgan fingerprint density at radius 3 is 1.86 bits per heavy atom. The zero-order chi connectivity index (χ0) is 20.4. The number of rotatable bonds is 4. The van der Waals surface area contributed by atoms with Crippen LogP contribution in [-0.4, -0.2) is 0 Å². The third-order valence-corrected chi connectivity index (χ3v) is 6.77. The summed E-state index contributed by atoms with van der Waals surface area (Å²) in [4.78, 5) is 0. The first-order chi connectivity index (χ1) is 13.3. The van der Waals surface area contributed by atoms with Gasteiger partial charge >= 0.3 is 0 Å². The van der Waals surface area contributed by atoms with Gasteiger partial charge in [0.1, 0.15) is 17.5 Å². The Morgan fingerprint density at radius 2 is 1.36 bits per heavy atom. The number of hydrogen-bond donors (Lipinski definition) is 0. The lowest BCUT2D eigenvalue weighted by atomic mass is 9.76. The average molecular weight is 400 g/mol. The van der Waals surface area contributed by atoms with Crippen LogP contribution < -0.4 is 0 Å². The van der Waals surface area contributed by atoms with E-state index in [0.717, 1.165) is 12.8 Å². The van der Waals surface area contributed by atoms with Gasteiger partial charge in [-0.25, -0.2) is 22.0 Å². The monoisotopic (exact) mass is 400 g/mol. The highest BCUT2D eigenvalue weighted by Gasteiger charge is 2.32. The van der Waals surface area contributed by atoms with Gasteiger partial charge in [0.05, 0.1) is 5.56 Å². The van der Waals surface area contributed by atoms with E-state index >= 15 is 0 Å². The predicted molar refractivity (Wildman–Crippen MR) is 101 cm³/mol. The molecule has 0 radical (unpaired) electrons. The molecule has 0 heterocycles. The summed E-state index contributed by atoms with van der Waals surface area (Å²) < 4.78 is 70.3. The van der Waals surface area contributed by atoms with E-state index in [-0.39, 0.29) is 23.0 Å². The molecule has 3 rings (SSSR count). The zero-order valence-corrected chi connectivity index (χ0v) is 16.6. The van der Waals surface area contributed by atoms with Gasteiger partial charge in [-0.05, 0) is 68.4 Å². The summed E-state index contributed by atoms with van der Waals surface area (Å²) >= 11 is 0. The fraction of sp³-hybridized carbons (Fsp3) is 0.652. The van der Waals surface area contributed by atoms with Crippen LogP contribution in [0.2, 0.25) is 0 Å². The molecule has 156 valence electrons. The van der Waals surface area contributed by atoms with Crippen LogP contribution in [-0.2, 0) is 0 Å². The van der Waals surface area contributed by atoms with Crippen LogP contribution in [0, 0.1) is 30.5 Å². The quantitative estimate of drug-likeness (QED) is 0.446. The maximum absolute atomic E-state index is 14.7. The Balaban J connectivity index is 1.68. The third kappa shape index (κ3) is 4.44. The molecule has 1 aromatic rings. The van der Waals surface area contributed by atoms with Gasteiger partial charge in [-0.1, -0.05) is 31.9 Å². The summed E-state index contributed by atoms with van der Waals surface area (Å²) in [6, 6.07) is 3.09. The van der Waals surface area contributed by atoms with Gasteiger partial charge in [-0.3, -0.25) is 0 Å². The first-order valence-electron chi connectivity index (χ1n) is 10.4. The van der Waals surface area contributed by atoms with Crippen molar-refractivity contribution in [1.82, 2.24) is 0 Å². The molecule has 2 fully saturated rings. The van der Waals surface area contributed by atoms with Crippen LogP contribution in [0.1, 0.15) is 87.3 Å². The minimum Gasteiger partial charge on any atom is -0.209 e. The molecule has 5 heteroatoms. The fourth-order valence-corrected chi connectivity index (χ4v) is 4.85. The highest BCUT2D eigenvalue weighted by Crippen LogP contribution is 2.44. The first-order valence-corrected chi connectivity index (χ1v) is 10.4. The second-order valence-electron chi connectivity index (χ2n) is 8.70. The molecule has 0 aliphatic heterocycles. The molecule has 28 heavy (non-hydrogen) atoms. The predicted octanol–water partition coefficient (Wildman–Crippen LogP) is 8.32. The number of allylic oxidation sites excluding steroid dienone is 2. The summed E-state index contributed by atoms with van der Waals surface area (Å²) in [5.41, 5.74) is -0.0171. The first kappa shape index (κ1) is 21.3. The van der Waals surface area contributed by atoms with E-state index in [1.807, 2.05) is 0 Å². The van der Waals surface area contributed by atoms with Crippen molar-refractivity contribution in [2.24, 2.45) is 17.8 Å². The van der Waals surface area contributed by atoms with Gasteiger partial charge in [-0.15, -0.1) is 0 Å². The Hall–Kier alpha value is -1.39. The molecule has 2 aliphatic rings. The molecule has 0 aromatic heterocycles. The highest BCUT2D eigenvalue weighted by atomic mass is 19.3. The van der Waals surface area contributed by atoms with Crippen LogP contribution in [0.15, 0.2) is 23.8 Å². The van der Waals surface area contributed by atoms with Gasteiger partial charge in [0.2, 0.25) is 0 Å². The van der Waals surface area contributed by atoms with Gasteiger partial charge in [-0.2, -0.15) is 0 Å². The van der Waals surface area contributed by atoms with Crippen molar-refractivity contribution < 1.29 is 22.0 Å². The molecule has 0 amide bonds. The van der Waals surface area contributed by atoms with Crippen molar-refractivity contribution in [1.29, 1.82) is 0 Å². The van der Waals surface area contributed by atoms with Crippen LogP contribution in [0.5, 0.6) is 0 Å². The number of halogens is 5. The van der Waals surface area contributed by atoms with E-state index in [9.17, 15) is 22.0 Å². The molecule has 0 saturated heterocycles. The Kier molecular flexibility index (Phi) is 6.82. The summed E-state index contributed by atoms with van der Waals surface area (Å²) in [7, 11) is 0. The van der Waals surface area contributed by atoms with E-state index in [2.05, 4.69) is 6.92 Å². The smallest absolute Gasteiger partial charge is 0.209 e. The van der Waals surface area contributed by atoms with E-state index in [1.54, 1.807) is 6.07 Å². The molecule has 1 aromatic carbocycles. The lowest BCUT2D eigenvalue weighted by Crippen LogP contribution is -2.19. The maximum atomic E-state index is 14.7. The van der Waals surface area contributed by atoms with Crippen LogP contribution >= 0.6 is 0 Å². The van der Waals surface area contributed by atoms with Crippen LogP contribution in [0.4, 0.5) is 22.0 Å². The molecule has 0 atom stereocenters. The lowest BCUT2D eigenvalue weighted by molar-refractivity contribution is 0.145. The third-order valence-electron chi connectivity index (χ3n) is 6.77. The average Bonchev–Trinajstić information content (AvgIpc) is 2.67. The van der Waals surface area contributed by atoms with Crippen molar-refractivity contribution in [2.45, 2.75) is 77.6 Å². The molecular formula is C23H29F5. The Morgan fingerprint density at radius 1 is 0.857 bits per heavy atom. The lowest BCUT2D eigenvalue weighted by Gasteiger charge is -2.30. The number of benzene rings is 1. The fourth-order valence-electron chi connectivity index (χ4n) is 4.85. The molecule has 0 N–H and O–H groups in total. The van der Waals surface area contributed by atoms with Crippen molar-refractivity contribution in [3.63, 3.8) is 0 Å². The van der Waals surface area contributed by atoms with E-state index in [4.69, 9.17) is 0 Å². The van der Waals surface area contributed by atoms with Gasteiger partial charge < -0.3 is 0 Å². The molecule has 0 nitrogen and oxygen atoms in total. The summed E-state index contributed by atoms with van der Waals surface area (Å²) in [5, 5.41) is 0. The van der Waals surface area contributed by atoms with Crippen molar-refractivity contribution in [2.75, 3.05) is 0 Å². The Labute approximate surface area is 164 Å². The van der Waals surface area contributed by atoms with Crippen LogP contribution in [0.3, 0.4) is 0 Å². The number of alkyl halides is 2. The maximum Gasteiger partial charge on any atom is 0.266 e. The molecule has 2 saturated carbocycles. The standard InChI is InChI=1S/C23H29F5/c1-13-3-6-16(7-4-13)20(24)21(25)17-10-8-15(9-11-17)18-12-5-14(2)19(22(18)26)23(27)28/h5,12-13,15-17,23H,3-4,6-11H2,1-2H3/b21-20+. The van der Waals surface area contributed by atoms with Gasteiger partial charge in [0.25, 0.3) is 6.43 Å². The highest BCUT2D eigenvalue weighted by molar-refractivity contribution is 5.36. The SMILES string of the molecule is Cc1ccc(C2CCC(/C(F)=C(\F)C3CCC(C)CC3)CC2)c(F)c1C(F)F. The minimum absolute atomic E-state index is 0.222. The molecule has 2 aliphatic carbocycles. The van der Waals surface area contributed by atoms with Crippen LogP contribution in [0.25, 0.3) is 0 Å². The molecule has 0 unspecified atom stereocenters. The number of aryl methyl sites for hydroxylation is 1. The van der Waals surface area contributed by atoms with Crippen molar-refractivity contribution >= 4 is 0 Å². The largest absolute Gasteiger partial charge is 0.266 e. The normalized spacial score (nSPS) is 29.7. The summed E-state index contributed by atoms with van der Waals surface area (Å²) in [5.74, 6) is -2.48. The zero-order valence-electron chi connectivity index (χ0n) is 16.6. The second kappa shape index (κ2) is 8.96. The van der Waals surface area contributed by atoms with E-state index < -0.39 is 35.4 Å². The number of hydrogen-bond acceptors (Lipinski definition) is 0.